The molecule has 1 aromatic heterocycles. The molecule has 114 valence electrons. The maximum atomic E-state index is 10.8. The summed E-state index contributed by atoms with van der Waals surface area (Å²) in [6, 6.07) is 12.4. The van der Waals surface area contributed by atoms with Gasteiger partial charge in [-0.15, -0.1) is 0 Å². The van der Waals surface area contributed by atoms with Crippen molar-refractivity contribution in [3.8, 4) is 22.8 Å². The molecule has 1 heterocycles. The molecule has 0 aliphatic heterocycles. The zero-order valence-electron chi connectivity index (χ0n) is 11.8. The van der Waals surface area contributed by atoms with Crippen LogP contribution in [0.25, 0.3) is 22.8 Å². The number of hydrogen-bond donors (Lipinski definition) is 2. The number of nitrogens with zero attached hydrogens (tertiary/aromatic N) is 1. The van der Waals surface area contributed by atoms with Crippen LogP contribution in [0.15, 0.2) is 59.1 Å². The molecule has 0 amide bonds. The van der Waals surface area contributed by atoms with E-state index in [1.54, 1.807) is 24.3 Å². The van der Waals surface area contributed by atoms with Crippen LogP contribution < -0.4 is 0 Å². The predicted molar refractivity (Wildman–Crippen MR) is 81.3 cm³/mol. The van der Waals surface area contributed by atoms with Crippen LogP contribution in [0.3, 0.4) is 0 Å². The average molecular weight is 309 g/mol. The average Bonchev–Trinajstić information content (AvgIpc) is 3.05. The van der Waals surface area contributed by atoms with Crippen LogP contribution in [-0.2, 0) is 0 Å². The third-order valence-electron chi connectivity index (χ3n) is 3.30. The lowest BCUT2D eigenvalue weighted by Gasteiger charge is -1.99. The molecule has 0 saturated heterocycles. The van der Waals surface area contributed by atoms with E-state index in [9.17, 15) is 9.59 Å². The van der Waals surface area contributed by atoms with Crippen molar-refractivity contribution in [2.75, 3.05) is 0 Å². The second-order valence-corrected chi connectivity index (χ2v) is 4.79. The molecule has 0 aliphatic carbocycles. The highest BCUT2D eigenvalue weighted by Gasteiger charge is 2.10. The van der Waals surface area contributed by atoms with E-state index in [2.05, 4.69) is 4.98 Å². The summed E-state index contributed by atoms with van der Waals surface area (Å²) in [7, 11) is 0. The maximum absolute atomic E-state index is 10.8. The Kier molecular flexibility index (Phi) is 3.64. The van der Waals surface area contributed by atoms with Crippen molar-refractivity contribution in [1.82, 2.24) is 4.98 Å². The predicted octanol–water partition coefficient (Wildman–Crippen LogP) is 3.41. The molecular weight excluding hydrogens is 298 g/mol. The first-order valence-electron chi connectivity index (χ1n) is 6.68. The van der Waals surface area contributed by atoms with E-state index in [-0.39, 0.29) is 11.1 Å². The summed E-state index contributed by atoms with van der Waals surface area (Å²) in [4.78, 5) is 25.8. The molecule has 0 atom stereocenters. The van der Waals surface area contributed by atoms with Gasteiger partial charge in [-0.2, -0.15) is 0 Å². The van der Waals surface area contributed by atoms with E-state index in [0.29, 0.717) is 22.8 Å². The molecule has 6 heteroatoms. The first-order chi connectivity index (χ1) is 11.0. The normalized spacial score (nSPS) is 10.4. The molecule has 0 aliphatic rings. The van der Waals surface area contributed by atoms with Gasteiger partial charge in [0, 0.05) is 11.1 Å². The number of rotatable bonds is 4. The summed E-state index contributed by atoms with van der Waals surface area (Å²) in [6.07, 6.45) is 1.54. The Morgan fingerprint density at radius 1 is 0.783 bits per heavy atom. The third-order valence-corrected chi connectivity index (χ3v) is 3.30. The maximum Gasteiger partial charge on any atom is 0.335 e. The van der Waals surface area contributed by atoms with Crippen molar-refractivity contribution in [2.45, 2.75) is 0 Å². The molecule has 0 bridgehead atoms. The number of hydrogen-bond acceptors (Lipinski definition) is 4. The molecule has 0 spiro atoms. The Balaban J connectivity index is 1.87. The van der Waals surface area contributed by atoms with Crippen molar-refractivity contribution in [3.05, 3.63) is 65.9 Å². The minimum Gasteiger partial charge on any atom is -0.478 e. The van der Waals surface area contributed by atoms with Gasteiger partial charge in [-0.3, -0.25) is 0 Å². The quantitative estimate of drug-likeness (QED) is 0.766. The van der Waals surface area contributed by atoms with Crippen LogP contribution in [0, 0.1) is 0 Å². The van der Waals surface area contributed by atoms with E-state index >= 15 is 0 Å². The van der Waals surface area contributed by atoms with Crippen molar-refractivity contribution >= 4 is 11.9 Å². The van der Waals surface area contributed by atoms with Crippen LogP contribution in [0.1, 0.15) is 20.7 Å². The van der Waals surface area contributed by atoms with E-state index < -0.39 is 11.9 Å². The first kappa shape index (κ1) is 14.5. The fraction of sp³-hybridized carbons (Fsp3) is 0. The van der Waals surface area contributed by atoms with Gasteiger partial charge in [0.1, 0.15) is 0 Å². The zero-order valence-corrected chi connectivity index (χ0v) is 11.8. The monoisotopic (exact) mass is 309 g/mol. The van der Waals surface area contributed by atoms with Gasteiger partial charge in [0.15, 0.2) is 5.76 Å². The Hall–Kier alpha value is -3.41. The molecule has 3 aromatic rings. The lowest BCUT2D eigenvalue weighted by atomic mass is 10.1. The number of benzene rings is 2. The fourth-order valence-electron chi connectivity index (χ4n) is 2.07. The van der Waals surface area contributed by atoms with Gasteiger partial charge in [-0.05, 0) is 36.4 Å². The highest BCUT2D eigenvalue weighted by molar-refractivity contribution is 5.88. The molecule has 0 radical (unpaired) electrons. The van der Waals surface area contributed by atoms with Crippen LogP contribution >= 0.6 is 0 Å². The Labute approximate surface area is 130 Å². The van der Waals surface area contributed by atoms with Crippen molar-refractivity contribution < 1.29 is 24.2 Å². The third kappa shape index (κ3) is 2.96. The summed E-state index contributed by atoms with van der Waals surface area (Å²) in [5, 5.41) is 17.8. The second kappa shape index (κ2) is 5.76. The standard InChI is InChI=1S/C17H11NO5/c19-16(20)12-5-1-10(2-6-12)14-9-18-15(23-14)11-3-7-13(8-4-11)17(21)22/h1-9H,(H,19,20)(H,21,22). The lowest BCUT2D eigenvalue weighted by Crippen LogP contribution is -1.94. The first-order valence-corrected chi connectivity index (χ1v) is 6.68. The summed E-state index contributed by atoms with van der Waals surface area (Å²) in [5.74, 6) is -1.13. The van der Waals surface area contributed by atoms with Crippen LogP contribution in [0.2, 0.25) is 0 Å². The van der Waals surface area contributed by atoms with Crippen LogP contribution in [0.5, 0.6) is 0 Å². The molecule has 0 unspecified atom stereocenters. The number of carboxylic acids is 2. The van der Waals surface area contributed by atoms with Gasteiger partial charge in [0.05, 0.1) is 17.3 Å². The molecule has 0 saturated carbocycles. The minimum atomic E-state index is -0.997. The van der Waals surface area contributed by atoms with Crippen molar-refractivity contribution in [2.24, 2.45) is 0 Å². The molecule has 2 aromatic carbocycles. The van der Waals surface area contributed by atoms with E-state index in [1.807, 2.05) is 0 Å². The second-order valence-electron chi connectivity index (χ2n) is 4.79. The van der Waals surface area contributed by atoms with E-state index in [0.717, 1.165) is 0 Å². The molecule has 0 fully saturated rings. The number of oxazole rings is 1. The van der Waals surface area contributed by atoms with Gasteiger partial charge in [0.25, 0.3) is 0 Å². The molecule has 6 nitrogen and oxygen atoms in total. The van der Waals surface area contributed by atoms with Gasteiger partial charge in [-0.1, -0.05) is 12.1 Å². The Morgan fingerprint density at radius 3 is 1.74 bits per heavy atom. The smallest absolute Gasteiger partial charge is 0.335 e. The minimum absolute atomic E-state index is 0.185. The number of aromatic carboxylic acids is 2. The number of aromatic nitrogens is 1. The van der Waals surface area contributed by atoms with Gasteiger partial charge in [0.2, 0.25) is 5.89 Å². The summed E-state index contributed by atoms with van der Waals surface area (Å²) >= 11 is 0. The van der Waals surface area contributed by atoms with Crippen molar-refractivity contribution in [3.63, 3.8) is 0 Å². The highest BCUT2D eigenvalue weighted by atomic mass is 16.4. The highest BCUT2D eigenvalue weighted by Crippen LogP contribution is 2.26. The zero-order chi connectivity index (χ0) is 16.4. The van der Waals surface area contributed by atoms with E-state index in [1.165, 1.54) is 30.5 Å². The molecule has 3 rings (SSSR count). The number of carbonyl (C=O) groups is 2. The summed E-state index contributed by atoms with van der Waals surface area (Å²) < 4.78 is 5.65. The molecule has 23 heavy (non-hydrogen) atoms. The molecule has 2 N–H and O–H groups in total. The van der Waals surface area contributed by atoms with Gasteiger partial charge >= 0.3 is 11.9 Å². The van der Waals surface area contributed by atoms with E-state index in [4.69, 9.17) is 14.6 Å². The largest absolute Gasteiger partial charge is 0.478 e. The van der Waals surface area contributed by atoms with Crippen LogP contribution in [-0.4, -0.2) is 27.1 Å². The fourth-order valence-corrected chi connectivity index (χ4v) is 2.07. The Bertz CT molecular complexity index is 791. The van der Waals surface area contributed by atoms with Crippen molar-refractivity contribution in [1.29, 1.82) is 0 Å². The summed E-state index contributed by atoms with van der Waals surface area (Å²) in [6.45, 7) is 0. The topological polar surface area (TPSA) is 101 Å². The van der Waals surface area contributed by atoms with Gasteiger partial charge in [-0.25, -0.2) is 14.6 Å². The van der Waals surface area contributed by atoms with Crippen LogP contribution in [0.4, 0.5) is 0 Å². The summed E-state index contributed by atoms with van der Waals surface area (Å²) in [5.41, 5.74) is 1.74. The lowest BCUT2D eigenvalue weighted by molar-refractivity contribution is 0.0686. The van der Waals surface area contributed by atoms with Gasteiger partial charge < -0.3 is 14.6 Å². The number of carboxylic acid groups (broad SMARTS) is 2. The Morgan fingerprint density at radius 2 is 1.26 bits per heavy atom. The molecular formula is C17H11NO5. The SMILES string of the molecule is O=C(O)c1ccc(-c2cnc(-c3ccc(C(=O)O)cc3)o2)cc1.